The average Bonchev–Trinajstić information content (AvgIpc) is 2.59. The van der Waals surface area contributed by atoms with Gasteiger partial charge in [-0.05, 0) is 41.5 Å². The van der Waals surface area contributed by atoms with Crippen molar-refractivity contribution in [1.82, 2.24) is 9.97 Å². The molecule has 5 N–H and O–H groups in total. The molecule has 2 aromatic carbocycles. The smallest absolute Gasteiger partial charge is 0.328 e. The fourth-order valence-electron chi connectivity index (χ4n) is 2.35. The summed E-state index contributed by atoms with van der Waals surface area (Å²) >= 11 is 0. The minimum absolute atomic E-state index is 0.0949. The van der Waals surface area contributed by atoms with Gasteiger partial charge in [-0.3, -0.25) is 14.8 Å². The molecule has 0 unspecified atom stereocenters. The molecule has 0 radical (unpaired) electrons. The Morgan fingerprint density at radius 2 is 1.31 bits per heavy atom. The zero-order chi connectivity index (χ0) is 18.7. The van der Waals surface area contributed by atoms with Crippen LogP contribution >= 0.6 is 0 Å². The standard InChI is InChI=1S/C19H14N2O5/c22-13-5-1-11(2-6-13)15(12-3-7-14(23)8-4-12)9-10-16-17(24)20-19(26)21-18(16)25/h1-8,10,22-23H,(H3,20,21,24,25,26). The third-order valence-electron chi connectivity index (χ3n) is 3.63. The summed E-state index contributed by atoms with van der Waals surface area (Å²) in [6.07, 6.45) is 1.25. The Morgan fingerprint density at radius 1 is 0.808 bits per heavy atom. The lowest BCUT2D eigenvalue weighted by Gasteiger charge is -2.06. The quantitative estimate of drug-likeness (QED) is 0.461. The summed E-state index contributed by atoms with van der Waals surface area (Å²) in [4.78, 5) is 27.1. The molecule has 0 aliphatic heterocycles. The van der Waals surface area contributed by atoms with E-state index in [0.717, 1.165) is 0 Å². The number of aromatic hydroxyl groups is 3. The molecule has 1 aromatic heterocycles. The highest BCUT2D eigenvalue weighted by atomic mass is 16.3. The summed E-state index contributed by atoms with van der Waals surface area (Å²) in [5.74, 6) is -0.378. The lowest BCUT2D eigenvalue weighted by Crippen LogP contribution is -2.23. The summed E-state index contributed by atoms with van der Waals surface area (Å²) in [6.45, 7) is 0. The van der Waals surface area contributed by atoms with Gasteiger partial charge in [0.1, 0.15) is 17.1 Å². The van der Waals surface area contributed by atoms with E-state index in [1.54, 1.807) is 24.3 Å². The van der Waals surface area contributed by atoms with Crippen LogP contribution in [0.4, 0.5) is 0 Å². The van der Waals surface area contributed by atoms with Crippen molar-refractivity contribution in [1.29, 1.82) is 0 Å². The Bertz CT molecular complexity index is 1070. The van der Waals surface area contributed by atoms with Gasteiger partial charge in [0.05, 0.1) is 0 Å². The van der Waals surface area contributed by atoms with Crippen LogP contribution in [0.2, 0.25) is 0 Å². The molecule has 26 heavy (non-hydrogen) atoms. The molecule has 0 saturated carbocycles. The van der Waals surface area contributed by atoms with Crippen LogP contribution in [-0.4, -0.2) is 25.3 Å². The van der Waals surface area contributed by atoms with Crippen molar-refractivity contribution in [3.8, 4) is 17.4 Å². The van der Waals surface area contributed by atoms with Gasteiger partial charge in [-0.25, -0.2) is 4.79 Å². The van der Waals surface area contributed by atoms with Crippen LogP contribution in [-0.2, 0) is 0 Å². The Morgan fingerprint density at radius 3 is 1.77 bits per heavy atom. The van der Waals surface area contributed by atoms with Gasteiger partial charge < -0.3 is 15.3 Å². The molecule has 1 heterocycles. The summed E-state index contributed by atoms with van der Waals surface area (Å²) in [7, 11) is 0. The van der Waals surface area contributed by atoms with Crippen LogP contribution < -0.4 is 11.2 Å². The minimum atomic E-state index is -0.814. The molecule has 3 aromatic rings. The third kappa shape index (κ3) is 3.58. The molecule has 0 spiro atoms. The van der Waals surface area contributed by atoms with E-state index in [4.69, 9.17) is 0 Å². The molecule has 0 saturated heterocycles. The molecule has 3 rings (SSSR count). The predicted molar refractivity (Wildman–Crippen MR) is 96.0 cm³/mol. The molecule has 0 aliphatic carbocycles. The highest BCUT2D eigenvalue weighted by Gasteiger charge is 2.07. The van der Waals surface area contributed by atoms with Crippen molar-refractivity contribution in [2.75, 3.05) is 0 Å². The number of phenolic OH excluding ortho intramolecular Hbond substituents is 2. The maximum absolute atomic E-state index is 11.9. The van der Waals surface area contributed by atoms with E-state index < -0.39 is 17.1 Å². The summed E-state index contributed by atoms with van der Waals surface area (Å²) in [6, 6.07) is 12.7. The number of H-pyrrole nitrogens is 2. The van der Waals surface area contributed by atoms with E-state index in [2.05, 4.69) is 10.7 Å². The van der Waals surface area contributed by atoms with Crippen LogP contribution in [0, 0.1) is 0 Å². The maximum Gasteiger partial charge on any atom is 0.328 e. The van der Waals surface area contributed by atoms with Gasteiger partial charge >= 0.3 is 5.69 Å². The lowest BCUT2D eigenvalue weighted by atomic mass is 9.98. The monoisotopic (exact) mass is 350 g/mol. The molecule has 7 nitrogen and oxygen atoms in total. The Hall–Kier alpha value is -3.96. The summed E-state index contributed by atoms with van der Waals surface area (Å²) in [5, 5.41) is 28.7. The second kappa shape index (κ2) is 6.88. The predicted octanol–water partition coefficient (Wildman–Crippen LogP) is 1.92. The van der Waals surface area contributed by atoms with Crippen LogP contribution in [0.25, 0.3) is 11.6 Å². The molecular formula is C19H14N2O5. The van der Waals surface area contributed by atoms with Crippen LogP contribution in [0.1, 0.15) is 16.7 Å². The van der Waals surface area contributed by atoms with Crippen molar-refractivity contribution in [3.05, 3.63) is 91.8 Å². The first kappa shape index (κ1) is 16.9. The maximum atomic E-state index is 11.9. The molecular weight excluding hydrogens is 336 g/mol. The van der Waals surface area contributed by atoms with Crippen molar-refractivity contribution in [2.45, 2.75) is 0 Å². The van der Waals surface area contributed by atoms with E-state index in [1.807, 2.05) is 4.98 Å². The van der Waals surface area contributed by atoms with Gasteiger partial charge in [0.25, 0.3) is 5.56 Å². The number of hydrogen-bond donors (Lipinski definition) is 5. The fourth-order valence-corrected chi connectivity index (χ4v) is 2.35. The van der Waals surface area contributed by atoms with Gasteiger partial charge in [0, 0.05) is 5.57 Å². The van der Waals surface area contributed by atoms with Gasteiger partial charge in [0.2, 0.25) is 5.88 Å². The normalized spacial score (nSPS) is 10.2. The average molecular weight is 350 g/mol. The van der Waals surface area contributed by atoms with Crippen molar-refractivity contribution >= 4 is 11.6 Å². The lowest BCUT2D eigenvalue weighted by molar-refractivity contribution is 0.447. The van der Waals surface area contributed by atoms with Crippen molar-refractivity contribution < 1.29 is 15.3 Å². The summed E-state index contributed by atoms with van der Waals surface area (Å²) < 4.78 is 0. The molecule has 0 amide bonds. The second-order valence-electron chi connectivity index (χ2n) is 5.43. The first-order chi connectivity index (χ1) is 12.4. The van der Waals surface area contributed by atoms with Crippen molar-refractivity contribution in [2.24, 2.45) is 0 Å². The highest BCUT2D eigenvalue weighted by molar-refractivity contribution is 5.82. The molecule has 0 bridgehead atoms. The second-order valence-corrected chi connectivity index (χ2v) is 5.43. The SMILES string of the molecule is O=c1[nH]c(O)c(C=C=C(c2ccc(O)cc2)c2ccc(O)cc2)c(=O)[nH]1. The van der Waals surface area contributed by atoms with Crippen LogP contribution in [0.3, 0.4) is 0 Å². The van der Waals surface area contributed by atoms with Gasteiger partial charge in [-0.1, -0.05) is 24.3 Å². The minimum Gasteiger partial charge on any atom is -0.508 e. The van der Waals surface area contributed by atoms with Gasteiger partial charge in [-0.2, -0.15) is 0 Å². The van der Waals surface area contributed by atoms with E-state index >= 15 is 0 Å². The van der Waals surface area contributed by atoms with Crippen LogP contribution in [0.5, 0.6) is 17.4 Å². The molecule has 0 fully saturated rings. The third-order valence-corrected chi connectivity index (χ3v) is 3.63. The Labute approximate surface area is 146 Å². The topological polar surface area (TPSA) is 126 Å². The first-order valence-electron chi connectivity index (χ1n) is 7.55. The van der Waals surface area contributed by atoms with E-state index in [0.29, 0.717) is 16.7 Å². The highest BCUT2D eigenvalue weighted by Crippen LogP contribution is 2.26. The number of nitrogens with one attached hydrogen (secondary N) is 2. The Balaban J connectivity index is 2.22. The van der Waals surface area contributed by atoms with Gasteiger partial charge in [0.15, 0.2) is 0 Å². The molecule has 0 aliphatic rings. The zero-order valence-corrected chi connectivity index (χ0v) is 13.4. The number of aromatic nitrogens is 2. The van der Waals surface area contributed by atoms with E-state index in [1.165, 1.54) is 30.3 Å². The molecule has 130 valence electrons. The number of phenols is 2. The molecule has 0 atom stereocenters. The van der Waals surface area contributed by atoms with Crippen molar-refractivity contribution in [3.63, 3.8) is 0 Å². The van der Waals surface area contributed by atoms with E-state index in [9.17, 15) is 24.9 Å². The molecule has 7 heteroatoms. The number of rotatable bonds is 3. The number of benzene rings is 2. The van der Waals surface area contributed by atoms with E-state index in [-0.39, 0.29) is 17.1 Å². The largest absolute Gasteiger partial charge is 0.508 e. The number of aromatic amines is 2. The number of hydrogen-bond acceptors (Lipinski definition) is 5. The fraction of sp³-hybridized carbons (Fsp3) is 0. The van der Waals surface area contributed by atoms with Crippen LogP contribution in [0.15, 0.2) is 63.9 Å². The zero-order valence-electron chi connectivity index (χ0n) is 13.4. The first-order valence-corrected chi connectivity index (χ1v) is 7.55. The van der Waals surface area contributed by atoms with Gasteiger partial charge in [-0.15, -0.1) is 5.73 Å². The Kier molecular flexibility index (Phi) is 4.47. The summed E-state index contributed by atoms with van der Waals surface area (Å²) in [5.41, 5.74) is 3.13.